The summed E-state index contributed by atoms with van der Waals surface area (Å²) < 4.78 is 4.20. The molecule has 0 aliphatic carbocycles. The molecule has 0 spiro atoms. The molecular weight excluding hydrogens is 294 g/mol. The van der Waals surface area contributed by atoms with Crippen molar-refractivity contribution < 1.29 is 4.79 Å². The zero-order valence-corrected chi connectivity index (χ0v) is 12.6. The molecule has 0 bridgehead atoms. The van der Waals surface area contributed by atoms with E-state index in [2.05, 4.69) is 20.0 Å². The molecule has 6 nitrogen and oxygen atoms in total. The van der Waals surface area contributed by atoms with Crippen molar-refractivity contribution in [3.8, 4) is 11.3 Å². The summed E-state index contributed by atoms with van der Waals surface area (Å²) in [6.07, 6.45) is 1.47. The van der Waals surface area contributed by atoms with E-state index in [-0.39, 0.29) is 11.9 Å². The van der Waals surface area contributed by atoms with Gasteiger partial charge in [-0.3, -0.25) is 4.79 Å². The molecule has 1 unspecified atom stereocenters. The maximum absolute atomic E-state index is 11.2. The van der Waals surface area contributed by atoms with Crippen LogP contribution in [0.3, 0.4) is 0 Å². The van der Waals surface area contributed by atoms with E-state index in [0.29, 0.717) is 18.8 Å². The summed E-state index contributed by atoms with van der Waals surface area (Å²) in [6.45, 7) is 2.65. The molecule has 106 valence electrons. The molecule has 0 saturated carbocycles. The quantitative estimate of drug-likeness (QED) is 0.801. The predicted molar refractivity (Wildman–Crippen MR) is 82.0 cm³/mol. The average molecular weight is 309 g/mol. The van der Waals surface area contributed by atoms with Gasteiger partial charge in [0.15, 0.2) is 0 Å². The molecule has 1 aliphatic heterocycles. The van der Waals surface area contributed by atoms with Crippen LogP contribution in [-0.4, -0.2) is 27.9 Å². The molecule has 1 aliphatic rings. The minimum Gasteiger partial charge on any atom is -0.382 e. The minimum atomic E-state index is 0.121. The number of carbonyl (C=O) groups excluding carboxylic acids is 1. The second-order valence-corrected chi connectivity index (χ2v) is 6.54. The van der Waals surface area contributed by atoms with Gasteiger partial charge in [0.05, 0.1) is 16.3 Å². The van der Waals surface area contributed by atoms with Gasteiger partial charge in [-0.15, -0.1) is 11.3 Å². The highest BCUT2D eigenvalue weighted by atomic mass is 32.1. The number of nitrogen functional groups attached to an aromatic ring is 1. The van der Waals surface area contributed by atoms with Gasteiger partial charge in [-0.05, 0) is 24.9 Å². The molecule has 20 heavy (non-hydrogen) atoms. The van der Waals surface area contributed by atoms with Gasteiger partial charge in [0.1, 0.15) is 10.8 Å². The predicted octanol–water partition coefficient (Wildman–Crippen LogP) is 1.85. The molecule has 3 rings (SSSR count). The normalized spacial score (nSPS) is 18.2. The topological polar surface area (TPSA) is 92.9 Å². The number of aromatic nitrogens is 2. The molecule has 2 aromatic heterocycles. The van der Waals surface area contributed by atoms with E-state index >= 15 is 0 Å². The average Bonchev–Trinajstić information content (AvgIpc) is 3.09. The number of hydrogen-bond acceptors (Lipinski definition) is 7. The van der Waals surface area contributed by atoms with Crippen molar-refractivity contribution in [1.82, 2.24) is 14.7 Å². The molecule has 2 aromatic rings. The van der Waals surface area contributed by atoms with Gasteiger partial charge >= 0.3 is 0 Å². The van der Waals surface area contributed by atoms with Crippen LogP contribution < -0.4 is 16.4 Å². The highest BCUT2D eigenvalue weighted by Crippen LogP contribution is 2.37. The van der Waals surface area contributed by atoms with Crippen molar-refractivity contribution in [3.63, 3.8) is 0 Å². The van der Waals surface area contributed by atoms with Crippen LogP contribution in [0.2, 0.25) is 0 Å². The van der Waals surface area contributed by atoms with Crippen molar-refractivity contribution in [2.75, 3.05) is 17.6 Å². The summed E-state index contributed by atoms with van der Waals surface area (Å²) in [5.41, 5.74) is 7.67. The Labute approximate surface area is 124 Å². The first-order valence-electron chi connectivity index (χ1n) is 6.34. The van der Waals surface area contributed by atoms with E-state index in [9.17, 15) is 4.79 Å². The number of nitrogens with two attached hydrogens (primary N) is 1. The number of amides is 1. The second-order valence-electron chi connectivity index (χ2n) is 4.71. The lowest BCUT2D eigenvalue weighted by molar-refractivity contribution is -0.119. The highest BCUT2D eigenvalue weighted by Gasteiger charge is 2.22. The zero-order valence-electron chi connectivity index (χ0n) is 11.0. The van der Waals surface area contributed by atoms with Crippen LogP contribution in [0.1, 0.15) is 17.8 Å². The van der Waals surface area contributed by atoms with E-state index in [4.69, 9.17) is 5.73 Å². The number of thiazole rings is 1. The van der Waals surface area contributed by atoms with Gasteiger partial charge in [-0.1, -0.05) is 0 Å². The third-order valence-corrected chi connectivity index (χ3v) is 4.78. The number of nitrogens with one attached hydrogen (secondary N) is 2. The molecule has 1 fully saturated rings. The Morgan fingerprint density at radius 1 is 1.60 bits per heavy atom. The van der Waals surface area contributed by atoms with Crippen LogP contribution in [0.15, 0.2) is 5.38 Å². The lowest BCUT2D eigenvalue weighted by Gasteiger charge is -2.11. The van der Waals surface area contributed by atoms with Crippen LogP contribution >= 0.6 is 22.9 Å². The van der Waals surface area contributed by atoms with Crippen molar-refractivity contribution in [3.05, 3.63) is 10.4 Å². The Bertz CT molecular complexity index is 636. The maximum atomic E-state index is 11.2. The summed E-state index contributed by atoms with van der Waals surface area (Å²) in [5.74, 6) is 0.620. The minimum absolute atomic E-state index is 0.121. The van der Waals surface area contributed by atoms with Crippen LogP contribution in [0.5, 0.6) is 0 Å². The van der Waals surface area contributed by atoms with E-state index in [1.165, 1.54) is 11.5 Å². The van der Waals surface area contributed by atoms with E-state index in [1.807, 2.05) is 12.3 Å². The first kappa shape index (κ1) is 13.3. The van der Waals surface area contributed by atoms with Crippen LogP contribution in [0.25, 0.3) is 11.3 Å². The Morgan fingerprint density at radius 3 is 3.10 bits per heavy atom. The second kappa shape index (κ2) is 5.37. The Morgan fingerprint density at radius 2 is 2.45 bits per heavy atom. The highest BCUT2D eigenvalue weighted by molar-refractivity contribution is 7.11. The van der Waals surface area contributed by atoms with Crippen LogP contribution in [-0.2, 0) is 4.79 Å². The Balaban J connectivity index is 1.75. The van der Waals surface area contributed by atoms with E-state index in [1.54, 1.807) is 11.3 Å². The van der Waals surface area contributed by atoms with Gasteiger partial charge < -0.3 is 16.4 Å². The lowest BCUT2D eigenvalue weighted by Crippen LogP contribution is -2.31. The molecule has 1 saturated heterocycles. The van der Waals surface area contributed by atoms with E-state index < -0.39 is 0 Å². The Kier molecular flexibility index (Phi) is 3.58. The Hall–Kier alpha value is -1.67. The third-order valence-electron chi connectivity index (χ3n) is 3.19. The number of carbonyl (C=O) groups is 1. The largest absolute Gasteiger partial charge is 0.382 e. The van der Waals surface area contributed by atoms with Crippen molar-refractivity contribution in [2.24, 2.45) is 0 Å². The SMILES string of the molecule is Cc1nc(-c2c(N)nsc2NCC2CCC(=O)N2)cs1. The summed E-state index contributed by atoms with van der Waals surface area (Å²) in [4.78, 5) is 15.6. The van der Waals surface area contributed by atoms with Gasteiger partial charge in [0.25, 0.3) is 0 Å². The van der Waals surface area contributed by atoms with Crippen molar-refractivity contribution in [1.29, 1.82) is 0 Å². The first-order valence-corrected chi connectivity index (χ1v) is 7.99. The molecule has 1 amide bonds. The molecule has 0 aromatic carbocycles. The third kappa shape index (κ3) is 2.61. The maximum Gasteiger partial charge on any atom is 0.220 e. The van der Waals surface area contributed by atoms with Crippen LogP contribution in [0, 0.1) is 6.92 Å². The van der Waals surface area contributed by atoms with Crippen molar-refractivity contribution in [2.45, 2.75) is 25.8 Å². The van der Waals surface area contributed by atoms with Gasteiger partial charge in [-0.25, -0.2) is 4.98 Å². The van der Waals surface area contributed by atoms with Crippen LogP contribution in [0.4, 0.5) is 10.8 Å². The number of aryl methyl sites for hydroxylation is 1. The summed E-state index contributed by atoms with van der Waals surface area (Å²) in [5, 5.41) is 10.2. The smallest absolute Gasteiger partial charge is 0.220 e. The van der Waals surface area contributed by atoms with Gasteiger partial charge in [-0.2, -0.15) is 4.37 Å². The number of hydrogen-bond donors (Lipinski definition) is 3. The van der Waals surface area contributed by atoms with Gasteiger partial charge in [0.2, 0.25) is 5.91 Å². The monoisotopic (exact) mass is 309 g/mol. The van der Waals surface area contributed by atoms with Gasteiger partial charge in [0, 0.05) is 24.4 Å². The number of anilines is 2. The molecule has 0 radical (unpaired) electrons. The summed E-state index contributed by atoms with van der Waals surface area (Å²) in [7, 11) is 0. The standard InChI is InChI=1S/C12H15N5OS2/c1-6-15-8(5-19-6)10-11(13)17-20-12(10)14-4-7-2-3-9(18)16-7/h5,7,14H,2-4H2,1H3,(H2,13,17)(H,16,18). The summed E-state index contributed by atoms with van der Waals surface area (Å²) >= 11 is 2.92. The fourth-order valence-electron chi connectivity index (χ4n) is 2.20. The molecule has 3 heterocycles. The van der Waals surface area contributed by atoms with E-state index in [0.717, 1.165) is 27.7 Å². The molecule has 8 heteroatoms. The first-order chi connectivity index (χ1) is 9.63. The van der Waals surface area contributed by atoms with Crippen molar-refractivity contribution >= 4 is 39.6 Å². The number of nitrogens with zero attached hydrogens (tertiary/aromatic N) is 2. The molecular formula is C12H15N5OS2. The fraction of sp³-hybridized carbons (Fsp3) is 0.417. The molecule has 1 atom stereocenters. The zero-order chi connectivity index (χ0) is 14.1. The summed E-state index contributed by atoms with van der Waals surface area (Å²) in [6, 6.07) is 0.177. The fourth-order valence-corrected chi connectivity index (χ4v) is 3.53. The lowest BCUT2D eigenvalue weighted by atomic mass is 10.2. The number of rotatable bonds is 4. The molecule has 4 N–H and O–H groups in total.